The highest BCUT2D eigenvalue weighted by molar-refractivity contribution is 7.92. The minimum Gasteiger partial charge on any atom is -0.489 e. The predicted molar refractivity (Wildman–Crippen MR) is 97.2 cm³/mol. The Hall–Kier alpha value is -2.87. The molecule has 2 aromatic rings. The van der Waals surface area contributed by atoms with Gasteiger partial charge in [-0.3, -0.25) is 14.3 Å². The van der Waals surface area contributed by atoms with Crippen LogP contribution in [0.4, 0.5) is 11.4 Å². The maximum Gasteiger partial charge on any atom is 0.261 e. The molecule has 26 heavy (non-hydrogen) atoms. The molecule has 1 N–H and O–H groups in total. The summed E-state index contributed by atoms with van der Waals surface area (Å²) in [4.78, 5) is 24.6. The third-order valence-corrected chi connectivity index (χ3v) is 5.42. The van der Waals surface area contributed by atoms with Crippen molar-refractivity contribution < 1.29 is 22.7 Å². The predicted octanol–water partition coefficient (Wildman–Crippen LogP) is 2.44. The molecule has 0 fully saturated rings. The van der Waals surface area contributed by atoms with E-state index in [-0.39, 0.29) is 16.6 Å². The topological polar surface area (TPSA) is 92.8 Å². The van der Waals surface area contributed by atoms with E-state index in [1.807, 2.05) is 0 Å². The second kappa shape index (κ2) is 6.80. The average Bonchev–Trinajstić information content (AvgIpc) is 2.60. The molecule has 0 radical (unpaired) electrons. The Morgan fingerprint density at radius 1 is 1.08 bits per heavy atom. The number of anilines is 2. The second-order valence-electron chi connectivity index (χ2n) is 5.89. The van der Waals surface area contributed by atoms with E-state index >= 15 is 0 Å². The summed E-state index contributed by atoms with van der Waals surface area (Å²) < 4.78 is 33.1. The summed E-state index contributed by atoms with van der Waals surface area (Å²) in [5.41, 5.74) is 1.37. The van der Waals surface area contributed by atoms with Crippen molar-refractivity contribution in [3.8, 4) is 5.75 Å². The van der Waals surface area contributed by atoms with Gasteiger partial charge in [0.1, 0.15) is 12.4 Å². The van der Waals surface area contributed by atoms with Gasteiger partial charge in [0.15, 0.2) is 5.78 Å². The number of Topliss-reactive ketones (excluding diaryl/α,β-unsaturated/α-hetero) is 1. The van der Waals surface area contributed by atoms with Crippen molar-refractivity contribution in [1.82, 2.24) is 0 Å². The van der Waals surface area contributed by atoms with E-state index in [1.54, 1.807) is 23.1 Å². The molecule has 1 aliphatic heterocycles. The maximum atomic E-state index is 12.5. The first-order valence-corrected chi connectivity index (χ1v) is 9.45. The van der Waals surface area contributed by atoms with E-state index < -0.39 is 10.0 Å². The normalized spacial score (nSPS) is 13.5. The zero-order valence-corrected chi connectivity index (χ0v) is 15.2. The monoisotopic (exact) mass is 374 g/mol. The number of rotatable bonds is 4. The number of fused-ring (bicyclic) bond motifs is 1. The highest BCUT2D eigenvalue weighted by atomic mass is 32.2. The number of carbonyl (C=O) groups is 2. The van der Waals surface area contributed by atoms with Gasteiger partial charge in [-0.05, 0) is 31.2 Å². The highest BCUT2D eigenvalue weighted by Crippen LogP contribution is 2.34. The number of hydrogen-bond donors (Lipinski definition) is 1. The molecule has 0 atom stereocenters. The highest BCUT2D eigenvalue weighted by Gasteiger charge is 2.22. The van der Waals surface area contributed by atoms with Crippen molar-refractivity contribution in [1.29, 1.82) is 0 Å². The lowest BCUT2D eigenvalue weighted by Gasteiger charge is -2.29. The summed E-state index contributed by atoms with van der Waals surface area (Å²) in [5.74, 6) is 0.204. The van der Waals surface area contributed by atoms with Gasteiger partial charge in [0.2, 0.25) is 5.91 Å². The number of hydrogen-bond acceptors (Lipinski definition) is 5. The molecular formula is C18H18N2O5S. The second-order valence-corrected chi connectivity index (χ2v) is 7.57. The van der Waals surface area contributed by atoms with Crippen LogP contribution in [0.3, 0.4) is 0 Å². The average molecular weight is 374 g/mol. The zero-order chi connectivity index (χ0) is 18.9. The number of carbonyl (C=O) groups excluding carboxylic acids is 2. The van der Waals surface area contributed by atoms with Crippen LogP contribution in [-0.4, -0.2) is 33.3 Å². The van der Waals surface area contributed by atoms with Gasteiger partial charge in [-0.1, -0.05) is 12.1 Å². The van der Waals surface area contributed by atoms with Gasteiger partial charge in [0, 0.05) is 18.6 Å². The van der Waals surface area contributed by atoms with Gasteiger partial charge < -0.3 is 9.64 Å². The van der Waals surface area contributed by atoms with E-state index in [9.17, 15) is 18.0 Å². The molecule has 0 saturated carbocycles. The number of ketones is 1. The van der Waals surface area contributed by atoms with Gasteiger partial charge in [-0.15, -0.1) is 0 Å². The summed E-state index contributed by atoms with van der Waals surface area (Å²) in [6, 6.07) is 10.5. The van der Waals surface area contributed by atoms with Crippen LogP contribution in [0.2, 0.25) is 0 Å². The van der Waals surface area contributed by atoms with E-state index in [0.29, 0.717) is 35.8 Å². The first-order chi connectivity index (χ1) is 12.3. The molecule has 0 spiro atoms. The van der Waals surface area contributed by atoms with E-state index in [0.717, 1.165) is 0 Å². The Morgan fingerprint density at radius 2 is 1.77 bits per heavy atom. The van der Waals surface area contributed by atoms with Crippen molar-refractivity contribution in [2.75, 3.05) is 22.8 Å². The Morgan fingerprint density at radius 3 is 2.38 bits per heavy atom. The number of ether oxygens (including phenoxy) is 1. The lowest BCUT2D eigenvalue weighted by molar-refractivity contribution is -0.116. The Labute approximate surface area is 151 Å². The van der Waals surface area contributed by atoms with Gasteiger partial charge in [0.25, 0.3) is 10.0 Å². The van der Waals surface area contributed by atoms with E-state index in [1.165, 1.54) is 38.1 Å². The summed E-state index contributed by atoms with van der Waals surface area (Å²) in [6.45, 7) is 3.68. The fourth-order valence-electron chi connectivity index (χ4n) is 2.69. The molecule has 7 nitrogen and oxygen atoms in total. The quantitative estimate of drug-likeness (QED) is 0.830. The van der Waals surface area contributed by atoms with E-state index in [2.05, 4.69) is 4.72 Å². The van der Waals surface area contributed by atoms with Crippen LogP contribution >= 0.6 is 0 Å². The smallest absolute Gasteiger partial charge is 0.261 e. The van der Waals surface area contributed by atoms with Crippen LogP contribution < -0.4 is 14.4 Å². The first kappa shape index (κ1) is 17.9. The van der Waals surface area contributed by atoms with Crippen molar-refractivity contribution in [3.63, 3.8) is 0 Å². The van der Waals surface area contributed by atoms with Crippen molar-refractivity contribution >= 4 is 33.1 Å². The van der Waals surface area contributed by atoms with Crippen LogP contribution in [0.15, 0.2) is 47.4 Å². The van der Waals surface area contributed by atoms with Gasteiger partial charge in [0.05, 0.1) is 22.8 Å². The summed E-state index contributed by atoms with van der Waals surface area (Å²) in [6.07, 6.45) is 0. The van der Waals surface area contributed by atoms with Crippen LogP contribution in [0, 0.1) is 0 Å². The minimum absolute atomic E-state index is 0.0477. The van der Waals surface area contributed by atoms with Crippen LogP contribution in [0.1, 0.15) is 24.2 Å². The lowest BCUT2D eigenvalue weighted by atomic mass is 10.2. The van der Waals surface area contributed by atoms with Crippen LogP contribution in [-0.2, 0) is 14.8 Å². The molecule has 8 heteroatoms. The molecule has 0 unspecified atom stereocenters. The molecule has 1 aliphatic rings. The number of amides is 1. The van der Waals surface area contributed by atoms with Crippen LogP contribution in [0.25, 0.3) is 0 Å². The molecule has 0 saturated heterocycles. The van der Waals surface area contributed by atoms with Gasteiger partial charge in [-0.25, -0.2) is 8.42 Å². The van der Waals surface area contributed by atoms with E-state index in [4.69, 9.17) is 4.74 Å². The largest absolute Gasteiger partial charge is 0.489 e. The molecular weight excluding hydrogens is 356 g/mol. The molecule has 2 aromatic carbocycles. The van der Waals surface area contributed by atoms with Gasteiger partial charge >= 0.3 is 0 Å². The number of nitrogens with zero attached hydrogens (tertiary/aromatic N) is 1. The van der Waals surface area contributed by atoms with Gasteiger partial charge in [-0.2, -0.15) is 0 Å². The van der Waals surface area contributed by atoms with Crippen molar-refractivity contribution in [2.45, 2.75) is 18.7 Å². The molecule has 1 heterocycles. The molecule has 0 aromatic heterocycles. The Bertz CT molecular complexity index is 968. The summed E-state index contributed by atoms with van der Waals surface area (Å²) >= 11 is 0. The number of sulfonamides is 1. The molecule has 136 valence electrons. The third kappa shape index (κ3) is 3.55. The molecule has 0 bridgehead atoms. The standard InChI is InChI=1S/C18H18N2O5S/c1-12(21)14-3-6-16(7-4-14)26(23,24)19-15-5-8-17-18(11-15)25-10-9-20(17)13(2)22/h3-8,11,19H,9-10H2,1-2H3. The fraction of sp³-hybridized carbons (Fsp3) is 0.222. The number of benzene rings is 2. The summed E-state index contributed by atoms with van der Waals surface area (Å²) in [5, 5.41) is 0. The zero-order valence-electron chi connectivity index (χ0n) is 14.4. The number of nitrogens with one attached hydrogen (secondary N) is 1. The lowest BCUT2D eigenvalue weighted by Crippen LogP contribution is -2.36. The fourth-order valence-corrected chi connectivity index (χ4v) is 3.74. The minimum atomic E-state index is -3.81. The first-order valence-electron chi connectivity index (χ1n) is 7.97. The maximum absolute atomic E-state index is 12.5. The summed E-state index contributed by atoms with van der Waals surface area (Å²) in [7, 11) is -3.81. The van der Waals surface area contributed by atoms with Crippen molar-refractivity contribution in [2.24, 2.45) is 0 Å². The molecule has 3 rings (SSSR count). The van der Waals surface area contributed by atoms with Crippen molar-refractivity contribution in [3.05, 3.63) is 48.0 Å². The molecule has 0 aliphatic carbocycles. The SMILES string of the molecule is CC(=O)c1ccc(S(=O)(=O)Nc2ccc3c(c2)OCCN3C(C)=O)cc1. The third-order valence-electron chi connectivity index (χ3n) is 4.03. The van der Waals surface area contributed by atoms with Crippen LogP contribution in [0.5, 0.6) is 5.75 Å². The molecule has 1 amide bonds. The Kier molecular flexibility index (Phi) is 4.69. The Balaban J connectivity index is 1.86.